The molecule has 1 aromatic heterocycles. The van der Waals surface area contributed by atoms with Crippen molar-refractivity contribution in [3.05, 3.63) is 57.9 Å². The Balaban J connectivity index is 1.67. The molecule has 1 aliphatic heterocycles. The zero-order chi connectivity index (χ0) is 23.9. The van der Waals surface area contributed by atoms with Crippen LogP contribution < -0.4 is 15.0 Å². The summed E-state index contributed by atoms with van der Waals surface area (Å²) in [4.78, 5) is 32.4. The van der Waals surface area contributed by atoms with E-state index in [1.54, 1.807) is 12.1 Å². The van der Waals surface area contributed by atoms with Crippen LogP contribution in [0.25, 0.3) is 11.3 Å². The molecule has 1 aliphatic rings. The van der Waals surface area contributed by atoms with Crippen LogP contribution >= 0.6 is 11.3 Å². The van der Waals surface area contributed by atoms with Crippen molar-refractivity contribution < 1.29 is 27.5 Å². The van der Waals surface area contributed by atoms with Crippen molar-refractivity contribution >= 4 is 34.5 Å². The van der Waals surface area contributed by atoms with E-state index in [1.165, 1.54) is 41.4 Å². The molecule has 1 unspecified atom stereocenters. The van der Waals surface area contributed by atoms with E-state index in [9.17, 15) is 22.8 Å². The summed E-state index contributed by atoms with van der Waals surface area (Å²) < 4.78 is 45.5. The van der Waals surface area contributed by atoms with Crippen LogP contribution in [0.2, 0.25) is 0 Å². The highest BCUT2D eigenvalue weighted by Gasteiger charge is 2.36. The minimum atomic E-state index is -4.63. The number of carbonyl (C=O) groups excluding carboxylic acids is 2. The van der Waals surface area contributed by atoms with E-state index in [2.05, 4.69) is 10.3 Å². The van der Waals surface area contributed by atoms with Gasteiger partial charge in [-0.15, -0.1) is 11.3 Å². The topological polar surface area (TPSA) is 71.5 Å². The van der Waals surface area contributed by atoms with Crippen LogP contribution in [0.1, 0.15) is 22.4 Å². The van der Waals surface area contributed by atoms with E-state index in [1.807, 2.05) is 19.9 Å². The zero-order valence-electron chi connectivity index (χ0n) is 18.0. The Morgan fingerprint density at radius 2 is 1.94 bits per heavy atom. The highest BCUT2D eigenvalue weighted by Crippen LogP contribution is 2.39. The van der Waals surface area contributed by atoms with Gasteiger partial charge in [0.25, 0.3) is 5.91 Å². The van der Waals surface area contributed by atoms with Gasteiger partial charge in [-0.05, 0) is 51.1 Å². The molecule has 0 fully saturated rings. The van der Waals surface area contributed by atoms with Gasteiger partial charge in [0.05, 0.1) is 27.6 Å². The average Bonchev–Trinajstić information content (AvgIpc) is 3.10. The maximum Gasteiger partial charge on any atom is 0.418 e. The van der Waals surface area contributed by atoms with Crippen LogP contribution in [0, 0.1) is 13.8 Å². The Morgan fingerprint density at radius 3 is 2.61 bits per heavy atom. The molecule has 0 aliphatic carbocycles. The third-order valence-corrected chi connectivity index (χ3v) is 6.16. The Morgan fingerprint density at radius 1 is 1.21 bits per heavy atom. The number of anilines is 2. The third kappa shape index (κ3) is 4.43. The second kappa shape index (κ2) is 8.51. The summed E-state index contributed by atoms with van der Waals surface area (Å²) in [5.41, 5.74) is 0.532. The number of hydrogen-bond acceptors (Lipinski definition) is 5. The molecule has 0 saturated carbocycles. The lowest BCUT2D eigenvalue weighted by molar-refractivity contribution is -0.137. The van der Waals surface area contributed by atoms with E-state index in [0.717, 1.165) is 27.2 Å². The number of benzene rings is 2. The fourth-order valence-corrected chi connectivity index (χ4v) is 4.57. The van der Waals surface area contributed by atoms with E-state index >= 15 is 0 Å². The smallest absolute Gasteiger partial charge is 0.418 e. The minimum absolute atomic E-state index is 0.280. The van der Waals surface area contributed by atoms with Gasteiger partial charge in [-0.2, -0.15) is 13.2 Å². The summed E-state index contributed by atoms with van der Waals surface area (Å²) >= 11 is 1.54. The lowest BCUT2D eigenvalue weighted by atomic mass is 10.1. The Labute approximate surface area is 192 Å². The highest BCUT2D eigenvalue weighted by atomic mass is 32.1. The van der Waals surface area contributed by atoms with E-state index < -0.39 is 29.6 Å². The summed E-state index contributed by atoms with van der Waals surface area (Å²) in [6.07, 6.45) is -4.63. The highest BCUT2D eigenvalue weighted by molar-refractivity contribution is 7.11. The molecule has 10 heteroatoms. The largest absolute Gasteiger partial charge is 0.482 e. The number of fused-ring (bicyclic) bond motifs is 1. The number of halogens is 3. The number of hydrogen-bond donors (Lipinski definition) is 1. The van der Waals surface area contributed by atoms with Crippen molar-refractivity contribution in [3.8, 4) is 17.0 Å². The Kier molecular flexibility index (Phi) is 5.87. The predicted octanol–water partition coefficient (Wildman–Crippen LogP) is 5.20. The number of nitrogens with one attached hydrogen (secondary N) is 1. The normalized spacial score (nSPS) is 14.5. The first-order valence-corrected chi connectivity index (χ1v) is 10.9. The van der Waals surface area contributed by atoms with Gasteiger partial charge < -0.3 is 10.1 Å². The number of carbonyl (C=O) groups is 2. The maximum atomic E-state index is 13.3. The Hall–Kier alpha value is -3.40. The number of para-hydroxylation sites is 1. The SMILES string of the molecule is Cc1nc(-c2ccc3c(c2)N(C(C)C(=O)Nc2ccccc2C(F)(F)F)C(=O)CO3)c(C)s1. The quantitative estimate of drug-likeness (QED) is 0.563. The lowest BCUT2D eigenvalue weighted by Gasteiger charge is -2.33. The molecule has 1 N–H and O–H groups in total. The first-order chi connectivity index (χ1) is 15.6. The molecule has 0 bridgehead atoms. The predicted molar refractivity (Wildman–Crippen MR) is 120 cm³/mol. The fourth-order valence-electron chi connectivity index (χ4n) is 3.73. The number of rotatable bonds is 4. The molecule has 3 aromatic rings. The number of alkyl halides is 3. The van der Waals surface area contributed by atoms with Crippen LogP contribution in [0.4, 0.5) is 24.5 Å². The summed E-state index contributed by atoms with van der Waals surface area (Å²) in [5, 5.41) is 3.21. The van der Waals surface area contributed by atoms with Crippen molar-refractivity contribution in [2.24, 2.45) is 0 Å². The molecule has 4 rings (SSSR count). The minimum Gasteiger partial charge on any atom is -0.482 e. The number of ether oxygens (including phenoxy) is 1. The first kappa shape index (κ1) is 22.8. The van der Waals surface area contributed by atoms with Crippen molar-refractivity contribution in [2.75, 3.05) is 16.8 Å². The molecule has 172 valence electrons. The molecule has 6 nitrogen and oxygen atoms in total. The second-order valence-electron chi connectivity index (χ2n) is 7.58. The van der Waals surface area contributed by atoms with Gasteiger partial charge in [0, 0.05) is 10.4 Å². The van der Waals surface area contributed by atoms with Crippen LogP contribution in [0.15, 0.2) is 42.5 Å². The number of thiazole rings is 1. The van der Waals surface area contributed by atoms with Gasteiger partial charge in [-0.3, -0.25) is 14.5 Å². The van der Waals surface area contributed by atoms with Crippen molar-refractivity contribution in [2.45, 2.75) is 33.0 Å². The zero-order valence-corrected chi connectivity index (χ0v) is 18.8. The molecular formula is C23H20F3N3O3S. The molecule has 33 heavy (non-hydrogen) atoms. The molecule has 0 spiro atoms. The van der Waals surface area contributed by atoms with Gasteiger partial charge in [-0.25, -0.2) is 4.98 Å². The average molecular weight is 475 g/mol. The molecule has 0 radical (unpaired) electrons. The van der Waals surface area contributed by atoms with Crippen LogP contribution in [-0.4, -0.2) is 29.4 Å². The molecule has 0 saturated heterocycles. The number of nitrogens with zero attached hydrogens (tertiary/aromatic N) is 2. The molecule has 2 aromatic carbocycles. The van der Waals surface area contributed by atoms with Crippen LogP contribution in [-0.2, 0) is 15.8 Å². The summed E-state index contributed by atoms with van der Waals surface area (Å²) in [7, 11) is 0. The Bertz CT molecular complexity index is 1240. The molecule has 2 amide bonds. The standard InChI is InChI=1S/C23H20F3N3O3S/c1-12(22(31)28-17-7-5-4-6-16(17)23(24,25)26)29-18-10-15(21-13(2)33-14(3)27-21)8-9-19(18)32-11-20(29)30/h4-10,12H,11H2,1-3H3,(H,28,31). The summed E-state index contributed by atoms with van der Waals surface area (Å²) in [6.45, 7) is 5.01. The maximum absolute atomic E-state index is 13.3. The van der Waals surface area contributed by atoms with Crippen molar-refractivity contribution in [1.82, 2.24) is 4.98 Å². The first-order valence-electron chi connectivity index (χ1n) is 10.1. The fraction of sp³-hybridized carbons (Fsp3) is 0.261. The van der Waals surface area contributed by atoms with Gasteiger partial charge >= 0.3 is 6.18 Å². The molecular weight excluding hydrogens is 455 g/mol. The van der Waals surface area contributed by atoms with E-state index in [4.69, 9.17) is 4.74 Å². The summed E-state index contributed by atoms with van der Waals surface area (Å²) in [5.74, 6) is -0.824. The van der Waals surface area contributed by atoms with Crippen molar-refractivity contribution in [1.29, 1.82) is 0 Å². The molecule has 2 heterocycles. The van der Waals surface area contributed by atoms with E-state index in [-0.39, 0.29) is 12.3 Å². The van der Waals surface area contributed by atoms with E-state index in [0.29, 0.717) is 11.4 Å². The van der Waals surface area contributed by atoms with Gasteiger partial charge in [0.2, 0.25) is 5.91 Å². The number of aryl methyl sites for hydroxylation is 2. The second-order valence-corrected chi connectivity index (χ2v) is 8.99. The monoisotopic (exact) mass is 475 g/mol. The number of amides is 2. The van der Waals surface area contributed by atoms with Crippen molar-refractivity contribution in [3.63, 3.8) is 0 Å². The lowest BCUT2D eigenvalue weighted by Crippen LogP contribution is -2.49. The van der Waals surface area contributed by atoms with Gasteiger partial charge in [0.15, 0.2) is 6.61 Å². The van der Waals surface area contributed by atoms with Crippen LogP contribution in [0.3, 0.4) is 0 Å². The van der Waals surface area contributed by atoms with Gasteiger partial charge in [-0.1, -0.05) is 12.1 Å². The van der Waals surface area contributed by atoms with Gasteiger partial charge in [0.1, 0.15) is 11.8 Å². The third-order valence-electron chi connectivity index (χ3n) is 5.27. The number of aromatic nitrogens is 1. The molecule has 1 atom stereocenters. The summed E-state index contributed by atoms with van der Waals surface area (Å²) in [6, 6.07) is 8.84. The van der Waals surface area contributed by atoms with Crippen LogP contribution in [0.5, 0.6) is 5.75 Å².